The van der Waals surface area contributed by atoms with Crippen molar-refractivity contribution in [2.45, 2.75) is 25.8 Å². The van der Waals surface area contributed by atoms with Gasteiger partial charge in [0.05, 0.1) is 6.54 Å². The molecule has 3 aromatic rings. The molecule has 0 aliphatic carbocycles. The van der Waals surface area contributed by atoms with Crippen molar-refractivity contribution in [1.82, 2.24) is 10.6 Å². The minimum Gasteiger partial charge on any atom is -0.366 e. The molecule has 5 nitrogen and oxygen atoms in total. The second kappa shape index (κ2) is 13.5. The van der Waals surface area contributed by atoms with Crippen LogP contribution in [0.1, 0.15) is 46.3 Å². The molecule has 0 aromatic heterocycles. The van der Waals surface area contributed by atoms with Crippen LogP contribution in [0.25, 0.3) is 0 Å². The van der Waals surface area contributed by atoms with E-state index in [9.17, 15) is 4.79 Å². The van der Waals surface area contributed by atoms with Crippen LogP contribution in [0.3, 0.4) is 0 Å². The zero-order valence-corrected chi connectivity index (χ0v) is 20.7. The highest BCUT2D eigenvalue weighted by Gasteiger charge is 2.13. The van der Waals surface area contributed by atoms with Crippen molar-refractivity contribution >= 4 is 35.8 Å². The fraction of sp³-hybridized carbons (Fsp3) is 0.231. The standard InChI is InChI=1S/C26H30N4O.HI/c1-2-28-26(30-19-20-10-9-15-23(18-20)25(27)31)29-17-16-24(21-11-5-3-6-12-21)22-13-7-4-8-14-22;/h3-15,18,24H,2,16-17,19H2,1H3,(H2,27,31)(H2,28,29,30);1H. The van der Waals surface area contributed by atoms with E-state index in [0.29, 0.717) is 18.0 Å². The largest absolute Gasteiger partial charge is 0.366 e. The van der Waals surface area contributed by atoms with Crippen molar-refractivity contribution < 1.29 is 4.79 Å². The molecule has 0 unspecified atom stereocenters. The van der Waals surface area contributed by atoms with Crippen LogP contribution in [0.5, 0.6) is 0 Å². The molecular formula is C26H31IN4O. The van der Waals surface area contributed by atoms with E-state index < -0.39 is 5.91 Å². The molecule has 3 rings (SSSR count). The van der Waals surface area contributed by atoms with Crippen LogP contribution < -0.4 is 16.4 Å². The summed E-state index contributed by atoms with van der Waals surface area (Å²) in [5, 5.41) is 6.74. The smallest absolute Gasteiger partial charge is 0.248 e. The number of rotatable bonds is 9. The molecule has 0 aliphatic rings. The number of hydrogen-bond donors (Lipinski definition) is 3. The van der Waals surface area contributed by atoms with Gasteiger partial charge in [0.15, 0.2) is 5.96 Å². The number of nitrogens with two attached hydrogens (primary N) is 1. The average Bonchev–Trinajstić information content (AvgIpc) is 2.81. The Labute approximate surface area is 207 Å². The summed E-state index contributed by atoms with van der Waals surface area (Å²) in [6, 6.07) is 28.5. The SMILES string of the molecule is CCNC(=NCc1cccc(C(N)=O)c1)NCCC(c1ccccc1)c1ccccc1.I. The van der Waals surface area contributed by atoms with E-state index in [4.69, 9.17) is 5.73 Å². The lowest BCUT2D eigenvalue weighted by Crippen LogP contribution is -2.38. The van der Waals surface area contributed by atoms with Crippen molar-refractivity contribution in [3.05, 3.63) is 107 Å². The molecule has 0 aliphatic heterocycles. The molecule has 3 aromatic carbocycles. The molecule has 4 N–H and O–H groups in total. The number of amides is 1. The third-order valence-corrected chi connectivity index (χ3v) is 5.10. The fourth-order valence-corrected chi connectivity index (χ4v) is 3.57. The molecule has 0 radical (unpaired) electrons. The van der Waals surface area contributed by atoms with E-state index in [-0.39, 0.29) is 24.0 Å². The van der Waals surface area contributed by atoms with Crippen LogP contribution in [-0.2, 0) is 6.54 Å². The van der Waals surface area contributed by atoms with Crippen LogP contribution in [0.2, 0.25) is 0 Å². The van der Waals surface area contributed by atoms with E-state index in [0.717, 1.165) is 31.0 Å². The van der Waals surface area contributed by atoms with Crippen LogP contribution in [-0.4, -0.2) is 25.0 Å². The summed E-state index contributed by atoms with van der Waals surface area (Å²) < 4.78 is 0. The van der Waals surface area contributed by atoms with E-state index >= 15 is 0 Å². The van der Waals surface area contributed by atoms with Gasteiger partial charge in [0.1, 0.15) is 0 Å². The third kappa shape index (κ3) is 7.67. The molecule has 32 heavy (non-hydrogen) atoms. The highest BCUT2D eigenvalue weighted by molar-refractivity contribution is 14.0. The van der Waals surface area contributed by atoms with Crippen molar-refractivity contribution in [1.29, 1.82) is 0 Å². The lowest BCUT2D eigenvalue weighted by Gasteiger charge is -2.19. The van der Waals surface area contributed by atoms with E-state index in [2.05, 4.69) is 64.2 Å². The maximum absolute atomic E-state index is 11.4. The average molecular weight is 542 g/mol. The molecule has 1 amide bonds. The first-order valence-electron chi connectivity index (χ1n) is 10.7. The summed E-state index contributed by atoms with van der Waals surface area (Å²) in [7, 11) is 0. The summed E-state index contributed by atoms with van der Waals surface area (Å²) in [5.41, 5.74) is 9.43. The van der Waals surface area contributed by atoms with Gasteiger partial charge in [-0.2, -0.15) is 0 Å². The number of halogens is 1. The molecule has 0 saturated carbocycles. The normalized spacial score (nSPS) is 11.0. The van der Waals surface area contributed by atoms with Gasteiger partial charge in [-0.15, -0.1) is 24.0 Å². The Bertz CT molecular complexity index is 953. The molecule has 0 fully saturated rings. The van der Waals surface area contributed by atoms with Gasteiger partial charge >= 0.3 is 0 Å². The fourth-order valence-electron chi connectivity index (χ4n) is 3.57. The minimum absolute atomic E-state index is 0. The predicted molar refractivity (Wildman–Crippen MR) is 143 cm³/mol. The van der Waals surface area contributed by atoms with Gasteiger partial charge in [-0.05, 0) is 42.2 Å². The second-order valence-corrected chi connectivity index (χ2v) is 7.35. The number of guanidine groups is 1. The van der Waals surface area contributed by atoms with Gasteiger partial charge in [-0.25, -0.2) is 4.99 Å². The summed E-state index contributed by atoms with van der Waals surface area (Å²) in [6.45, 7) is 4.06. The van der Waals surface area contributed by atoms with Crippen LogP contribution in [0.4, 0.5) is 0 Å². The van der Waals surface area contributed by atoms with E-state index in [1.54, 1.807) is 12.1 Å². The highest BCUT2D eigenvalue weighted by atomic mass is 127. The van der Waals surface area contributed by atoms with Gasteiger partial charge in [0.25, 0.3) is 0 Å². The summed E-state index contributed by atoms with van der Waals surface area (Å²) in [5.74, 6) is 0.639. The number of nitrogens with one attached hydrogen (secondary N) is 2. The van der Waals surface area contributed by atoms with Crippen LogP contribution in [0, 0.1) is 0 Å². The third-order valence-electron chi connectivity index (χ3n) is 5.10. The Morgan fingerprint density at radius 1 is 0.906 bits per heavy atom. The number of carbonyl (C=O) groups is 1. The quantitative estimate of drug-likeness (QED) is 0.209. The molecule has 0 heterocycles. The topological polar surface area (TPSA) is 79.5 Å². The predicted octanol–water partition coefficient (Wildman–Crippen LogP) is 4.68. The van der Waals surface area contributed by atoms with Crippen molar-refractivity contribution in [2.75, 3.05) is 13.1 Å². The molecule has 0 atom stereocenters. The van der Waals surface area contributed by atoms with Gasteiger partial charge in [-0.1, -0.05) is 72.8 Å². The number of benzene rings is 3. The van der Waals surface area contributed by atoms with Gasteiger partial charge in [0, 0.05) is 24.6 Å². The van der Waals surface area contributed by atoms with E-state index in [1.807, 2.05) is 31.2 Å². The highest BCUT2D eigenvalue weighted by Crippen LogP contribution is 2.27. The van der Waals surface area contributed by atoms with Gasteiger partial charge in [0.2, 0.25) is 5.91 Å². The van der Waals surface area contributed by atoms with Crippen molar-refractivity contribution in [3.8, 4) is 0 Å². The number of aliphatic imine (C=N–C) groups is 1. The number of hydrogen-bond acceptors (Lipinski definition) is 2. The first kappa shape index (κ1) is 25.4. The first-order chi connectivity index (χ1) is 15.2. The molecule has 0 bridgehead atoms. The molecular weight excluding hydrogens is 511 g/mol. The Balaban J connectivity index is 0.00000363. The minimum atomic E-state index is -0.427. The van der Waals surface area contributed by atoms with Crippen LogP contribution in [0.15, 0.2) is 89.9 Å². The molecule has 6 heteroatoms. The van der Waals surface area contributed by atoms with Gasteiger partial charge < -0.3 is 16.4 Å². The first-order valence-corrected chi connectivity index (χ1v) is 10.7. The van der Waals surface area contributed by atoms with Gasteiger partial charge in [-0.3, -0.25) is 4.79 Å². The lowest BCUT2D eigenvalue weighted by molar-refractivity contribution is 0.1000. The summed E-state index contributed by atoms with van der Waals surface area (Å²) in [4.78, 5) is 16.1. The summed E-state index contributed by atoms with van der Waals surface area (Å²) in [6.07, 6.45) is 0.940. The Morgan fingerprint density at radius 2 is 1.53 bits per heavy atom. The van der Waals surface area contributed by atoms with Crippen LogP contribution >= 0.6 is 24.0 Å². The molecule has 0 saturated heterocycles. The lowest BCUT2D eigenvalue weighted by atomic mass is 9.88. The number of carbonyl (C=O) groups excluding carboxylic acids is 1. The molecule has 0 spiro atoms. The van der Waals surface area contributed by atoms with Crippen molar-refractivity contribution in [2.24, 2.45) is 10.7 Å². The second-order valence-electron chi connectivity index (χ2n) is 7.35. The maximum Gasteiger partial charge on any atom is 0.248 e. The number of nitrogens with zero attached hydrogens (tertiary/aromatic N) is 1. The Kier molecular flexibility index (Phi) is 10.7. The maximum atomic E-state index is 11.4. The number of primary amides is 1. The zero-order valence-electron chi connectivity index (χ0n) is 18.3. The van der Waals surface area contributed by atoms with Crippen molar-refractivity contribution in [3.63, 3.8) is 0 Å². The monoisotopic (exact) mass is 542 g/mol. The molecule has 168 valence electrons. The van der Waals surface area contributed by atoms with E-state index in [1.165, 1.54) is 11.1 Å². The zero-order chi connectivity index (χ0) is 21.9. The summed E-state index contributed by atoms with van der Waals surface area (Å²) >= 11 is 0. The Morgan fingerprint density at radius 3 is 2.09 bits per heavy atom. The Hall–Kier alpha value is -2.87.